The minimum Gasteiger partial charge on any atom is -0.336 e. The number of halogens is 2. The van der Waals surface area contributed by atoms with Crippen LogP contribution in [-0.2, 0) is 11.2 Å². The average Bonchev–Trinajstić information content (AvgIpc) is 2.37. The molecule has 1 aliphatic rings. The minimum atomic E-state index is 0.0318. The van der Waals surface area contributed by atoms with E-state index in [0.717, 1.165) is 24.1 Å². The highest BCUT2D eigenvalue weighted by atomic mass is 35.5. The molecule has 0 fully saturated rings. The van der Waals surface area contributed by atoms with Crippen molar-refractivity contribution < 1.29 is 4.79 Å². The Balaban J connectivity index is 2.24. The first kappa shape index (κ1) is 14.6. The second-order valence-corrected chi connectivity index (χ2v) is 5.67. The van der Waals surface area contributed by atoms with Crippen LogP contribution in [0.15, 0.2) is 12.1 Å². The van der Waals surface area contributed by atoms with Gasteiger partial charge < -0.3 is 10.2 Å². The molecule has 1 aliphatic heterocycles. The van der Waals surface area contributed by atoms with E-state index in [-0.39, 0.29) is 11.9 Å². The summed E-state index contributed by atoms with van der Waals surface area (Å²) in [6, 6.07) is 3.72. The van der Waals surface area contributed by atoms with Crippen LogP contribution in [0, 0.1) is 0 Å². The Morgan fingerprint density at radius 2 is 2.21 bits per heavy atom. The van der Waals surface area contributed by atoms with Crippen molar-refractivity contribution in [2.75, 3.05) is 20.1 Å². The van der Waals surface area contributed by atoms with Crippen LogP contribution in [0.2, 0.25) is 10.0 Å². The van der Waals surface area contributed by atoms with Gasteiger partial charge in [0.25, 0.3) is 0 Å². The molecule has 0 saturated heterocycles. The van der Waals surface area contributed by atoms with E-state index in [9.17, 15) is 4.79 Å². The van der Waals surface area contributed by atoms with Gasteiger partial charge in [0.1, 0.15) is 0 Å². The Kier molecular flexibility index (Phi) is 4.71. The van der Waals surface area contributed by atoms with Crippen LogP contribution in [0.1, 0.15) is 30.5 Å². The second kappa shape index (κ2) is 6.12. The quantitative estimate of drug-likeness (QED) is 0.930. The van der Waals surface area contributed by atoms with Gasteiger partial charge in [-0.15, -0.1) is 0 Å². The van der Waals surface area contributed by atoms with Gasteiger partial charge in [0.05, 0.1) is 6.04 Å². The van der Waals surface area contributed by atoms with E-state index >= 15 is 0 Å². The molecule has 2 rings (SSSR count). The number of hydrogen-bond acceptors (Lipinski definition) is 2. The summed E-state index contributed by atoms with van der Waals surface area (Å²) >= 11 is 12.3. The van der Waals surface area contributed by atoms with E-state index < -0.39 is 0 Å². The molecule has 0 saturated carbocycles. The molecule has 1 atom stereocenters. The van der Waals surface area contributed by atoms with Gasteiger partial charge in [-0.1, -0.05) is 23.2 Å². The maximum Gasteiger partial charge on any atom is 0.224 e. The fourth-order valence-corrected chi connectivity index (χ4v) is 3.17. The largest absolute Gasteiger partial charge is 0.336 e. The number of nitrogens with one attached hydrogen (secondary N) is 1. The highest BCUT2D eigenvalue weighted by Gasteiger charge is 2.28. The lowest BCUT2D eigenvalue weighted by atomic mass is 9.93. The molecule has 1 N–H and O–H groups in total. The summed E-state index contributed by atoms with van der Waals surface area (Å²) in [6.07, 6.45) is 1.31. The molecule has 1 unspecified atom stereocenters. The summed E-state index contributed by atoms with van der Waals surface area (Å²) < 4.78 is 0. The van der Waals surface area contributed by atoms with E-state index in [0.29, 0.717) is 23.0 Å². The third kappa shape index (κ3) is 3.04. The van der Waals surface area contributed by atoms with Gasteiger partial charge in [0.15, 0.2) is 0 Å². The molecule has 0 spiro atoms. The molecule has 0 radical (unpaired) electrons. The Hall–Kier alpha value is -0.770. The number of nitrogens with zero attached hydrogens (tertiary/aromatic N) is 1. The van der Waals surface area contributed by atoms with Crippen LogP contribution >= 0.6 is 23.2 Å². The number of hydrogen-bond donors (Lipinski definition) is 1. The van der Waals surface area contributed by atoms with Crippen LogP contribution in [0.4, 0.5) is 0 Å². The van der Waals surface area contributed by atoms with Crippen LogP contribution in [0.25, 0.3) is 0 Å². The van der Waals surface area contributed by atoms with Gasteiger partial charge in [-0.3, -0.25) is 4.79 Å². The standard InChI is InChI=1S/C14H18Cl2N2O/c1-9-12-7-10(15)8-13(16)11(12)4-6-18(9)14(19)3-5-17-2/h7-9,17H,3-6H2,1-2H3. The van der Waals surface area contributed by atoms with E-state index in [4.69, 9.17) is 23.2 Å². The maximum atomic E-state index is 12.2. The van der Waals surface area contributed by atoms with Crippen molar-refractivity contribution in [3.05, 3.63) is 33.3 Å². The fourth-order valence-electron chi connectivity index (χ4n) is 2.57. The Labute approximate surface area is 123 Å². The first-order valence-electron chi connectivity index (χ1n) is 6.46. The van der Waals surface area contributed by atoms with Crippen LogP contribution in [0.3, 0.4) is 0 Å². The SMILES string of the molecule is CNCCC(=O)N1CCc2c(Cl)cc(Cl)cc2C1C. The average molecular weight is 301 g/mol. The molecule has 104 valence electrons. The Morgan fingerprint density at radius 1 is 1.47 bits per heavy atom. The lowest BCUT2D eigenvalue weighted by molar-refractivity contribution is -0.133. The highest BCUT2D eigenvalue weighted by Crippen LogP contribution is 2.36. The predicted molar refractivity (Wildman–Crippen MR) is 78.8 cm³/mol. The predicted octanol–water partition coefficient (Wildman–Crippen LogP) is 3.05. The molecule has 1 aromatic carbocycles. The first-order valence-corrected chi connectivity index (χ1v) is 7.22. The van der Waals surface area contributed by atoms with Crippen molar-refractivity contribution in [1.82, 2.24) is 10.2 Å². The summed E-state index contributed by atoms with van der Waals surface area (Å²) in [4.78, 5) is 14.1. The molecule has 5 heteroatoms. The Bertz CT molecular complexity index is 491. The van der Waals surface area contributed by atoms with E-state index in [1.807, 2.05) is 24.9 Å². The molecule has 0 aromatic heterocycles. The van der Waals surface area contributed by atoms with Crippen LogP contribution in [-0.4, -0.2) is 30.9 Å². The summed E-state index contributed by atoms with van der Waals surface area (Å²) in [5, 5.41) is 4.33. The molecule has 19 heavy (non-hydrogen) atoms. The fraction of sp³-hybridized carbons (Fsp3) is 0.500. The van der Waals surface area contributed by atoms with E-state index in [2.05, 4.69) is 5.32 Å². The van der Waals surface area contributed by atoms with Crippen LogP contribution < -0.4 is 5.32 Å². The summed E-state index contributed by atoms with van der Waals surface area (Å²) in [5.74, 6) is 0.170. The zero-order valence-electron chi connectivity index (χ0n) is 11.2. The van der Waals surface area contributed by atoms with E-state index in [1.54, 1.807) is 6.07 Å². The van der Waals surface area contributed by atoms with Crippen molar-refractivity contribution in [3.8, 4) is 0 Å². The third-order valence-electron chi connectivity index (χ3n) is 3.62. The molecule has 0 aliphatic carbocycles. The molecule has 3 nitrogen and oxygen atoms in total. The van der Waals surface area contributed by atoms with Crippen LogP contribution in [0.5, 0.6) is 0 Å². The topological polar surface area (TPSA) is 32.3 Å². The van der Waals surface area contributed by atoms with Crippen molar-refractivity contribution in [3.63, 3.8) is 0 Å². The highest BCUT2D eigenvalue weighted by molar-refractivity contribution is 6.35. The van der Waals surface area contributed by atoms with Crippen molar-refractivity contribution >= 4 is 29.1 Å². The lowest BCUT2D eigenvalue weighted by Crippen LogP contribution is -2.39. The van der Waals surface area contributed by atoms with Crippen molar-refractivity contribution in [1.29, 1.82) is 0 Å². The van der Waals surface area contributed by atoms with E-state index in [1.165, 1.54) is 0 Å². The van der Waals surface area contributed by atoms with Gasteiger partial charge in [0, 0.05) is 29.6 Å². The smallest absolute Gasteiger partial charge is 0.224 e. The number of carbonyl (C=O) groups excluding carboxylic acids is 1. The van der Waals surface area contributed by atoms with Crippen molar-refractivity contribution in [2.24, 2.45) is 0 Å². The summed E-state index contributed by atoms with van der Waals surface area (Å²) in [5.41, 5.74) is 2.19. The summed E-state index contributed by atoms with van der Waals surface area (Å²) in [6.45, 7) is 3.45. The molecular formula is C14H18Cl2N2O. The zero-order chi connectivity index (χ0) is 14.0. The number of fused-ring (bicyclic) bond motifs is 1. The number of carbonyl (C=O) groups is 1. The monoisotopic (exact) mass is 300 g/mol. The molecule has 1 amide bonds. The van der Waals surface area contributed by atoms with Gasteiger partial charge >= 0.3 is 0 Å². The second-order valence-electron chi connectivity index (χ2n) is 4.82. The van der Waals surface area contributed by atoms with Gasteiger partial charge in [-0.25, -0.2) is 0 Å². The molecule has 0 bridgehead atoms. The van der Waals surface area contributed by atoms with Gasteiger partial charge in [-0.2, -0.15) is 0 Å². The van der Waals surface area contributed by atoms with Gasteiger partial charge in [0.2, 0.25) is 5.91 Å². The first-order chi connectivity index (χ1) is 9.04. The minimum absolute atomic E-state index is 0.0318. The van der Waals surface area contributed by atoms with Gasteiger partial charge in [-0.05, 0) is 43.7 Å². The lowest BCUT2D eigenvalue weighted by Gasteiger charge is -2.36. The Morgan fingerprint density at radius 3 is 2.89 bits per heavy atom. The number of amides is 1. The molecule has 1 aromatic rings. The third-order valence-corrected chi connectivity index (χ3v) is 4.18. The molecule has 1 heterocycles. The van der Waals surface area contributed by atoms with Crippen molar-refractivity contribution in [2.45, 2.75) is 25.8 Å². The number of benzene rings is 1. The maximum absolute atomic E-state index is 12.2. The zero-order valence-corrected chi connectivity index (χ0v) is 12.7. The molecular weight excluding hydrogens is 283 g/mol. The summed E-state index contributed by atoms with van der Waals surface area (Å²) in [7, 11) is 1.85. The normalized spacial score (nSPS) is 18.3. The number of rotatable bonds is 3.